The van der Waals surface area contributed by atoms with Crippen LogP contribution >= 0.6 is 0 Å². The van der Waals surface area contributed by atoms with Gasteiger partial charge in [0.2, 0.25) is 0 Å². The van der Waals surface area contributed by atoms with Crippen molar-refractivity contribution in [1.29, 1.82) is 0 Å². The molecule has 9 nitrogen and oxygen atoms in total. The molecule has 0 bridgehead atoms. The van der Waals surface area contributed by atoms with E-state index in [1.54, 1.807) is 11.1 Å². The number of nitrogens with one attached hydrogen (secondary N) is 1. The Morgan fingerprint density at radius 1 is 1.19 bits per heavy atom. The molecule has 1 aromatic heterocycles. The standard InChI is InChI=1S/C22H28FN5O4/c23-16-5-7-18(8-6-16)32-14-20(29)27-11-9-22(31,10-12-27)15-28-13-19(25-26-28)21(30)24-17-3-1-2-4-17/h5-8,13,17,31H,1-4,9-12,14-15H2,(H,24,30). The van der Waals surface area contributed by atoms with E-state index in [0.29, 0.717) is 31.7 Å². The summed E-state index contributed by atoms with van der Waals surface area (Å²) in [6, 6.07) is 5.69. The lowest BCUT2D eigenvalue weighted by molar-refractivity contribution is -0.138. The lowest BCUT2D eigenvalue weighted by Crippen LogP contribution is -2.49. The third-order valence-electron chi connectivity index (χ3n) is 6.14. The van der Waals surface area contributed by atoms with Crippen molar-refractivity contribution >= 4 is 11.8 Å². The number of hydrogen-bond acceptors (Lipinski definition) is 6. The van der Waals surface area contributed by atoms with Crippen LogP contribution in [0.3, 0.4) is 0 Å². The number of benzene rings is 1. The van der Waals surface area contributed by atoms with Crippen LogP contribution in [-0.4, -0.2) is 68.2 Å². The fourth-order valence-electron chi connectivity index (χ4n) is 4.21. The Morgan fingerprint density at radius 3 is 2.56 bits per heavy atom. The maximum absolute atomic E-state index is 12.9. The highest BCUT2D eigenvalue weighted by atomic mass is 19.1. The van der Waals surface area contributed by atoms with E-state index in [2.05, 4.69) is 15.6 Å². The normalized spacial score (nSPS) is 18.5. The first-order valence-electron chi connectivity index (χ1n) is 11.0. The number of carbonyl (C=O) groups excluding carboxylic acids is 2. The van der Waals surface area contributed by atoms with Crippen molar-refractivity contribution in [2.24, 2.45) is 0 Å². The van der Waals surface area contributed by atoms with Gasteiger partial charge in [0, 0.05) is 19.1 Å². The van der Waals surface area contributed by atoms with Crippen molar-refractivity contribution in [2.45, 2.75) is 56.7 Å². The molecule has 2 aromatic rings. The van der Waals surface area contributed by atoms with Gasteiger partial charge in [-0.2, -0.15) is 0 Å². The Hall–Kier alpha value is -3.01. The third kappa shape index (κ3) is 5.61. The second kappa shape index (κ2) is 9.64. The van der Waals surface area contributed by atoms with E-state index >= 15 is 0 Å². The van der Waals surface area contributed by atoms with Crippen molar-refractivity contribution in [3.05, 3.63) is 42.0 Å². The quantitative estimate of drug-likeness (QED) is 0.669. The topological polar surface area (TPSA) is 110 Å². The summed E-state index contributed by atoms with van der Waals surface area (Å²) >= 11 is 0. The number of halogens is 1. The summed E-state index contributed by atoms with van der Waals surface area (Å²) in [5.74, 6) is -0.375. The highest BCUT2D eigenvalue weighted by molar-refractivity contribution is 5.92. The van der Waals surface area contributed by atoms with Gasteiger partial charge in [-0.25, -0.2) is 9.07 Å². The summed E-state index contributed by atoms with van der Waals surface area (Å²) in [5, 5.41) is 21.9. The number of rotatable bonds is 7. The molecule has 2 N–H and O–H groups in total. The van der Waals surface area contributed by atoms with E-state index in [9.17, 15) is 19.1 Å². The van der Waals surface area contributed by atoms with Crippen molar-refractivity contribution in [2.75, 3.05) is 19.7 Å². The molecule has 172 valence electrons. The molecule has 32 heavy (non-hydrogen) atoms. The molecule has 0 radical (unpaired) electrons. The Bertz CT molecular complexity index is 934. The largest absolute Gasteiger partial charge is 0.484 e. The fraction of sp³-hybridized carbons (Fsp3) is 0.545. The molecule has 2 aliphatic rings. The van der Waals surface area contributed by atoms with Crippen LogP contribution in [0, 0.1) is 5.82 Å². The number of piperidine rings is 1. The molecule has 0 atom stereocenters. The first kappa shape index (κ1) is 22.2. The maximum Gasteiger partial charge on any atom is 0.273 e. The van der Waals surface area contributed by atoms with Crippen molar-refractivity contribution in [3.63, 3.8) is 0 Å². The SMILES string of the molecule is O=C(NC1CCCC1)c1cn(CC2(O)CCN(C(=O)COc3ccc(F)cc3)CC2)nn1. The molecule has 0 unspecified atom stereocenters. The summed E-state index contributed by atoms with van der Waals surface area (Å²) in [5.41, 5.74) is -0.798. The van der Waals surface area contributed by atoms with Gasteiger partial charge in [-0.05, 0) is 49.9 Å². The summed E-state index contributed by atoms with van der Waals surface area (Å²) in [6.07, 6.45) is 6.53. The number of nitrogens with zero attached hydrogens (tertiary/aromatic N) is 4. The van der Waals surface area contributed by atoms with Crippen molar-refractivity contribution in [3.8, 4) is 5.75 Å². The molecular formula is C22H28FN5O4. The zero-order chi connectivity index (χ0) is 22.6. The van der Waals surface area contributed by atoms with Crippen LogP contribution in [-0.2, 0) is 11.3 Å². The smallest absolute Gasteiger partial charge is 0.273 e. The molecule has 1 saturated carbocycles. The first-order valence-corrected chi connectivity index (χ1v) is 11.0. The number of likely N-dealkylation sites (tertiary alicyclic amines) is 1. The minimum absolute atomic E-state index is 0.146. The highest BCUT2D eigenvalue weighted by Gasteiger charge is 2.35. The number of ether oxygens (including phenoxy) is 1. The third-order valence-corrected chi connectivity index (χ3v) is 6.14. The summed E-state index contributed by atoms with van der Waals surface area (Å²) in [6.45, 7) is 0.815. The predicted molar refractivity (Wildman–Crippen MR) is 112 cm³/mol. The second-order valence-corrected chi connectivity index (χ2v) is 8.60. The van der Waals surface area contributed by atoms with Gasteiger partial charge in [-0.3, -0.25) is 9.59 Å². The van der Waals surface area contributed by atoms with Gasteiger partial charge in [-0.15, -0.1) is 5.10 Å². The molecule has 1 saturated heterocycles. The van der Waals surface area contributed by atoms with Crippen molar-refractivity contribution < 1.29 is 23.8 Å². The van der Waals surface area contributed by atoms with Gasteiger partial charge < -0.3 is 20.1 Å². The fourth-order valence-corrected chi connectivity index (χ4v) is 4.21. The minimum Gasteiger partial charge on any atom is -0.484 e. The van der Waals surface area contributed by atoms with E-state index < -0.39 is 5.60 Å². The molecule has 1 aromatic carbocycles. The highest BCUT2D eigenvalue weighted by Crippen LogP contribution is 2.24. The number of hydrogen-bond donors (Lipinski definition) is 2. The van der Waals surface area contributed by atoms with Gasteiger partial charge >= 0.3 is 0 Å². The lowest BCUT2D eigenvalue weighted by Gasteiger charge is -2.37. The van der Waals surface area contributed by atoms with Crippen LogP contribution in [0.15, 0.2) is 30.5 Å². The molecule has 2 heterocycles. The molecule has 0 spiro atoms. The molecule has 1 aliphatic heterocycles. The summed E-state index contributed by atoms with van der Waals surface area (Å²) < 4.78 is 19.8. The first-order chi connectivity index (χ1) is 15.4. The second-order valence-electron chi connectivity index (χ2n) is 8.60. The van der Waals surface area contributed by atoms with Crippen LogP contribution in [0.2, 0.25) is 0 Å². The summed E-state index contributed by atoms with van der Waals surface area (Å²) in [4.78, 5) is 26.4. The number of amides is 2. The molecule has 4 rings (SSSR count). The molecule has 1 aliphatic carbocycles. The zero-order valence-electron chi connectivity index (χ0n) is 17.9. The Kier molecular flexibility index (Phi) is 6.69. The average molecular weight is 445 g/mol. The molecule has 2 amide bonds. The summed E-state index contributed by atoms with van der Waals surface area (Å²) in [7, 11) is 0. The van der Waals surface area contributed by atoms with Crippen LogP contribution in [0.25, 0.3) is 0 Å². The lowest BCUT2D eigenvalue weighted by atomic mass is 9.91. The van der Waals surface area contributed by atoms with E-state index in [4.69, 9.17) is 4.74 Å². The van der Waals surface area contributed by atoms with E-state index in [1.165, 1.54) is 28.9 Å². The minimum atomic E-state index is -1.04. The van der Waals surface area contributed by atoms with Crippen LogP contribution in [0.5, 0.6) is 5.75 Å². The van der Waals surface area contributed by atoms with E-state index in [0.717, 1.165) is 25.7 Å². The number of aromatic nitrogens is 3. The molecule has 2 fully saturated rings. The maximum atomic E-state index is 12.9. The van der Waals surface area contributed by atoms with Gasteiger partial charge in [0.05, 0.1) is 18.3 Å². The van der Waals surface area contributed by atoms with E-state index in [-0.39, 0.29) is 42.5 Å². The Labute approximate surface area is 185 Å². The van der Waals surface area contributed by atoms with Gasteiger partial charge in [0.15, 0.2) is 12.3 Å². The predicted octanol–water partition coefficient (Wildman–Crippen LogP) is 1.52. The van der Waals surface area contributed by atoms with Gasteiger partial charge in [0.1, 0.15) is 11.6 Å². The Balaban J connectivity index is 1.24. The van der Waals surface area contributed by atoms with Crippen LogP contribution in [0.4, 0.5) is 4.39 Å². The Morgan fingerprint density at radius 2 is 1.88 bits per heavy atom. The van der Waals surface area contributed by atoms with Gasteiger partial charge in [0.25, 0.3) is 11.8 Å². The monoisotopic (exact) mass is 445 g/mol. The van der Waals surface area contributed by atoms with E-state index in [1.807, 2.05) is 0 Å². The average Bonchev–Trinajstić information content (AvgIpc) is 3.45. The van der Waals surface area contributed by atoms with Crippen LogP contribution < -0.4 is 10.1 Å². The zero-order valence-corrected chi connectivity index (χ0v) is 17.9. The van der Waals surface area contributed by atoms with Gasteiger partial charge in [-0.1, -0.05) is 18.1 Å². The molecular weight excluding hydrogens is 417 g/mol. The van der Waals surface area contributed by atoms with Crippen molar-refractivity contribution in [1.82, 2.24) is 25.2 Å². The number of carbonyl (C=O) groups is 2. The number of aliphatic hydroxyl groups is 1. The molecule has 10 heteroatoms. The van der Waals surface area contributed by atoms with Crippen LogP contribution in [0.1, 0.15) is 49.0 Å².